The average molecular weight is 268 g/mol. The maximum absolute atomic E-state index is 5.74. The maximum atomic E-state index is 5.74. The molecule has 0 aliphatic rings. The van der Waals surface area contributed by atoms with Crippen molar-refractivity contribution in [3.63, 3.8) is 0 Å². The predicted octanol–water partition coefficient (Wildman–Crippen LogP) is 3.87. The summed E-state index contributed by atoms with van der Waals surface area (Å²) < 4.78 is 0. The Kier molecular flexibility index (Phi) is 4.94. The lowest BCUT2D eigenvalue weighted by Gasteiger charge is -2.17. The van der Waals surface area contributed by atoms with E-state index in [0.717, 1.165) is 6.42 Å². The third-order valence-corrected chi connectivity index (χ3v) is 3.73. The van der Waals surface area contributed by atoms with Gasteiger partial charge in [-0.05, 0) is 36.0 Å². The van der Waals surface area contributed by atoms with E-state index in [2.05, 4.69) is 74.7 Å². The first kappa shape index (κ1) is 14.8. The predicted molar refractivity (Wildman–Crippen MR) is 85.5 cm³/mol. The number of rotatable bonds is 5. The van der Waals surface area contributed by atoms with Crippen LogP contribution >= 0.6 is 0 Å². The SMILES string of the molecule is Cc1cccc(CC(NN)c2ccc(C(C)C)cc2)c1. The Morgan fingerprint density at radius 1 is 1.00 bits per heavy atom. The van der Waals surface area contributed by atoms with Crippen LogP contribution < -0.4 is 11.3 Å². The van der Waals surface area contributed by atoms with Gasteiger partial charge >= 0.3 is 0 Å². The molecule has 2 heteroatoms. The Morgan fingerprint density at radius 2 is 1.65 bits per heavy atom. The summed E-state index contributed by atoms with van der Waals surface area (Å²) in [5.41, 5.74) is 8.12. The standard InChI is InChI=1S/C18H24N2/c1-13(2)16-7-9-17(10-8-16)18(20-19)12-15-6-4-5-14(3)11-15/h4-11,13,18,20H,12,19H2,1-3H3. The van der Waals surface area contributed by atoms with Crippen molar-refractivity contribution in [1.29, 1.82) is 0 Å². The summed E-state index contributed by atoms with van der Waals surface area (Å²) in [6, 6.07) is 17.5. The van der Waals surface area contributed by atoms with Crippen molar-refractivity contribution in [3.8, 4) is 0 Å². The Bertz CT molecular complexity index is 544. The van der Waals surface area contributed by atoms with Crippen LogP contribution in [0, 0.1) is 6.92 Å². The first-order valence-electron chi connectivity index (χ1n) is 7.21. The number of hydrogen-bond donors (Lipinski definition) is 2. The molecule has 2 aromatic carbocycles. The largest absolute Gasteiger partial charge is 0.271 e. The van der Waals surface area contributed by atoms with Crippen LogP contribution in [0.2, 0.25) is 0 Å². The third-order valence-electron chi connectivity index (χ3n) is 3.73. The molecule has 0 saturated carbocycles. The van der Waals surface area contributed by atoms with Crippen molar-refractivity contribution >= 4 is 0 Å². The van der Waals surface area contributed by atoms with E-state index in [-0.39, 0.29) is 6.04 Å². The fraction of sp³-hybridized carbons (Fsp3) is 0.333. The quantitative estimate of drug-likeness (QED) is 0.638. The smallest absolute Gasteiger partial charge is 0.0500 e. The monoisotopic (exact) mass is 268 g/mol. The van der Waals surface area contributed by atoms with Crippen molar-refractivity contribution < 1.29 is 0 Å². The molecule has 0 fully saturated rings. The molecule has 106 valence electrons. The van der Waals surface area contributed by atoms with Crippen LogP contribution in [0.1, 0.15) is 48.1 Å². The molecular formula is C18H24N2. The van der Waals surface area contributed by atoms with Crippen molar-refractivity contribution in [2.75, 3.05) is 0 Å². The Morgan fingerprint density at radius 3 is 2.20 bits per heavy atom. The number of benzene rings is 2. The minimum Gasteiger partial charge on any atom is -0.271 e. The van der Waals surface area contributed by atoms with Gasteiger partial charge < -0.3 is 0 Å². The molecule has 3 N–H and O–H groups in total. The molecule has 20 heavy (non-hydrogen) atoms. The second-order valence-corrected chi connectivity index (χ2v) is 5.73. The molecule has 0 aliphatic carbocycles. The van der Waals surface area contributed by atoms with Crippen LogP contribution in [0.5, 0.6) is 0 Å². The summed E-state index contributed by atoms with van der Waals surface area (Å²) in [6.07, 6.45) is 0.902. The third kappa shape index (κ3) is 3.69. The highest BCUT2D eigenvalue weighted by molar-refractivity contribution is 5.29. The number of nitrogens with one attached hydrogen (secondary N) is 1. The van der Waals surface area contributed by atoms with Crippen LogP contribution in [0.4, 0.5) is 0 Å². The van der Waals surface area contributed by atoms with Gasteiger partial charge in [-0.1, -0.05) is 67.9 Å². The Balaban J connectivity index is 2.15. The Hall–Kier alpha value is -1.64. The molecule has 1 unspecified atom stereocenters. The molecule has 0 spiro atoms. The number of nitrogens with two attached hydrogens (primary N) is 1. The molecule has 1 atom stereocenters. The van der Waals surface area contributed by atoms with Gasteiger partial charge in [-0.3, -0.25) is 11.3 Å². The van der Waals surface area contributed by atoms with Gasteiger partial charge in [-0.25, -0.2) is 0 Å². The molecule has 0 saturated heterocycles. The van der Waals surface area contributed by atoms with E-state index < -0.39 is 0 Å². The number of hydrogen-bond acceptors (Lipinski definition) is 2. The summed E-state index contributed by atoms with van der Waals surface area (Å²) >= 11 is 0. The molecule has 0 bridgehead atoms. The lowest BCUT2D eigenvalue weighted by molar-refractivity contribution is 0.551. The second-order valence-electron chi connectivity index (χ2n) is 5.73. The van der Waals surface area contributed by atoms with Gasteiger partial charge in [0.2, 0.25) is 0 Å². The van der Waals surface area contributed by atoms with Gasteiger partial charge in [0.15, 0.2) is 0 Å². The summed E-state index contributed by atoms with van der Waals surface area (Å²) in [6.45, 7) is 6.53. The van der Waals surface area contributed by atoms with Gasteiger partial charge in [0.1, 0.15) is 0 Å². The molecule has 2 aromatic rings. The fourth-order valence-electron chi connectivity index (χ4n) is 2.46. The van der Waals surface area contributed by atoms with Crippen LogP contribution in [-0.4, -0.2) is 0 Å². The van der Waals surface area contributed by atoms with E-state index in [9.17, 15) is 0 Å². The van der Waals surface area contributed by atoms with E-state index in [1.54, 1.807) is 0 Å². The normalized spacial score (nSPS) is 12.7. The molecule has 0 aliphatic heterocycles. The highest BCUT2D eigenvalue weighted by Crippen LogP contribution is 2.21. The van der Waals surface area contributed by atoms with Gasteiger partial charge in [-0.2, -0.15) is 0 Å². The summed E-state index contributed by atoms with van der Waals surface area (Å²) in [4.78, 5) is 0. The lowest BCUT2D eigenvalue weighted by atomic mass is 9.95. The van der Waals surface area contributed by atoms with Crippen molar-refractivity contribution in [1.82, 2.24) is 5.43 Å². The van der Waals surface area contributed by atoms with Crippen LogP contribution in [0.25, 0.3) is 0 Å². The molecule has 0 radical (unpaired) electrons. The molecule has 0 aromatic heterocycles. The van der Waals surface area contributed by atoms with E-state index in [1.165, 1.54) is 22.3 Å². The zero-order chi connectivity index (χ0) is 14.5. The lowest BCUT2D eigenvalue weighted by Crippen LogP contribution is -2.29. The van der Waals surface area contributed by atoms with Gasteiger partial charge in [0, 0.05) is 6.04 Å². The zero-order valence-electron chi connectivity index (χ0n) is 12.6. The molecular weight excluding hydrogens is 244 g/mol. The Labute approximate surface area is 122 Å². The van der Waals surface area contributed by atoms with Gasteiger partial charge in [0.05, 0.1) is 0 Å². The topological polar surface area (TPSA) is 38.0 Å². The summed E-state index contributed by atoms with van der Waals surface area (Å²) in [5, 5.41) is 0. The number of hydrazine groups is 1. The molecule has 2 nitrogen and oxygen atoms in total. The highest BCUT2D eigenvalue weighted by Gasteiger charge is 2.11. The first-order valence-corrected chi connectivity index (χ1v) is 7.21. The van der Waals surface area contributed by atoms with E-state index >= 15 is 0 Å². The minimum absolute atomic E-state index is 0.151. The van der Waals surface area contributed by atoms with E-state index in [1.807, 2.05) is 0 Å². The summed E-state index contributed by atoms with van der Waals surface area (Å²) in [7, 11) is 0. The van der Waals surface area contributed by atoms with Crippen molar-refractivity contribution in [2.24, 2.45) is 5.84 Å². The maximum Gasteiger partial charge on any atom is 0.0500 e. The average Bonchev–Trinajstić information content (AvgIpc) is 2.45. The van der Waals surface area contributed by atoms with Crippen LogP contribution in [0.15, 0.2) is 48.5 Å². The zero-order valence-corrected chi connectivity index (χ0v) is 12.6. The van der Waals surface area contributed by atoms with Crippen LogP contribution in [-0.2, 0) is 6.42 Å². The highest BCUT2D eigenvalue weighted by atomic mass is 15.2. The fourth-order valence-corrected chi connectivity index (χ4v) is 2.46. The first-order chi connectivity index (χ1) is 9.60. The van der Waals surface area contributed by atoms with Crippen molar-refractivity contribution in [3.05, 3.63) is 70.8 Å². The van der Waals surface area contributed by atoms with Gasteiger partial charge in [0.25, 0.3) is 0 Å². The molecule has 0 amide bonds. The second kappa shape index (κ2) is 6.69. The van der Waals surface area contributed by atoms with E-state index in [0.29, 0.717) is 5.92 Å². The minimum atomic E-state index is 0.151. The molecule has 0 heterocycles. The number of aryl methyl sites for hydroxylation is 1. The van der Waals surface area contributed by atoms with Crippen LogP contribution in [0.3, 0.4) is 0 Å². The van der Waals surface area contributed by atoms with E-state index in [4.69, 9.17) is 5.84 Å². The van der Waals surface area contributed by atoms with Crippen molar-refractivity contribution in [2.45, 2.75) is 39.2 Å². The van der Waals surface area contributed by atoms with Gasteiger partial charge in [-0.15, -0.1) is 0 Å². The summed E-state index contributed by atoms with van der Waals surface area (Å²) in [5.74, 6) is 6.30. The molecule has 2 rings (SSSR count).